The standard InChI is InChI=1S/C18H25N3O2S/c1-12-8-13(2)16(14(3)9-12)18(23)21-6-4-20(5-7-21)17(22)15-10-24-11-19-15/h8-9,15,19H,4-7,10-11H2,1-3H3. The minimum Gasteiger partial charge on any atom is -0.338 e. The van der Waals surface area contributed by atoms with Gasteiger partial charge in [0.25, 0.3) is 5.91 Å². The van der Waals surface area contributed by atoms with Crippen LogP contribution in [0.25, 0.3) is 0 Å². The summed E-state index contributed by atoms with van der Waals surface area (Å²) in [6.45, 7) is 8.50. The number of piperazine rings is 1. The van der Waals surface area contributed by atoms with Gasteiger partial charge in [0.2, 0.25) is 5.91 Å². The van der Waals surface area contributed by atoms with Crippen LogP contribution in [0, 0.1) is 20.8 Å². The number of nitrogens with zero attached hydrogens (tertiary/aromatic N) is 2. The molecule has 0 aromatic heterocycles. The monoisotopic (exact) mass is 347 g/mol. The van der Waals surface area contributed by atoms with Crippen LogP contribution in [0.15, 0.2) is 12.1 Å². The quantitative estimate of drug-likeness (QED) is 0.882. The van der Waals surface area contributed by atoms with Crippen molar-refractivity contribution < 1.29 is 9.59 Å². The number of carbonyl (C=O) groups is 2. The van der Waals surface area contributed by atoms with Gasteiger partial charge in [0.1, 0.15) is 0 Å². The van der Waals surface area contributed by atoms with Crippen LogP contribution in [-0.4, -0.2) is 65.5 Å². The number of benzene rings is 1. The minimum atomic E-state index is -0.0566. The molecule has 2 aliphatic rings. The molecule has 2 saturated heterocycles. The van der Waals surface area contributed by atoms with Crippen LogP contribution in [0.5, 0.6) is 0 Å². The van der Waals surface area contributed by atoms with E-state index >= 15 is 0 Å². The van der Waals surface area contributed by atoms with Crippen LogP contribution < -0.4 is 5.32 Å². The van der Waals surface area contributed by atoms with E-state index in [4.69, 9.17) is 0 Å². The second-order valence-corrected chi connectivity index (χ2v) is 7.69. The third-order valence-electron chi connectivity index (χ3n) is 4.78. The van der Waals surface area contributed by atoms with E-state index in [1.54, 1.807) is 11.8 Å². The van der Waals surface area contributed by atoms with E-state index < -0.39 is 0 Å². The lowest BCUT2D eigenvalue weighted by Crippen LogP contribution is -2.54. The van der Waals surface area contributed by atoms with Crippen LogP contribution in [-0.2, 0) is 4.79 Å². The molecule has 1 unspecified atom stereocenters. The number of hydrogen-bond donors (Lipinski definition) is 1. The van der Waals surface area contributed by atoms with E-state index in [9.17, 15) is 9.59 Å². The number of hydrogen-bond acceptors (Lipinski definition) is 4. The van der Waals surface area contributed by atoms with Gasteiger partial charge in [0, 0.05) is 43.4 Å². The maximum atomic E-state index is 12.9. The fraction of sp³-hybridized carbons (Fsp3) is 0.556. The molecule has 1 aromatic rings. The van der Waals surface area contributed by atoms with Crippen molar-refractivity contribution >= 4 is 23.6 Å². The highest BCUT2D eigenvalue weighted by Gasteiger charge is 2.31. The third-order valence-corrected chi connectivity index (χ3v) is 5.72. The molecule has 24 heavy (non-hydrogen) atoms. The average Bonchev–Trinajstić information content (AvgIpc) is 3.07. The first-order valence-corrected chi connectivity index (χ1v) is 9.60. The van der Waals surface area contributed by atoms with Gasteiger partial charge in [-0.1, -0.05) is 17.7 Å². The zero-order valence-electron chi connectivity index (χ0n) is 14.6. The van der Waals surface area contributed by atoms with Crippen molar-refractivity contribution in [3.05, 3.63) is 34.4 Å². The van der Waals surface area contributed by atoms with E-state index in [0.29, 0.717) is 26.2 Å². The Kier molecular flexibility index (Phi) is 5.15. The van der Waals surface area contributed by atoms with Crippen LogP contribution in [0.4, 0.5) is 0 Å². The van der Waals surface area contributed by atoms with E-state index in [0.717, 1.165) is 28.3 Å². The van der Waals surface area contributed by atoms with Crippen molar-refractivity contribution in [2.45, 2.75) is 26.8 Å². The molecule has 1 aromatic carbocycles. The van der Waals surface area contributed by atoms with Crippen LogP contribution in [0.2, 0.25) is 0 Å². The van der Waals surface area contributed by atoms with Gasteiger partial charge in [-0.15, -0.1) is 11.8 Å². The summed E-state index contributed by atoms with van der Waals surface area (Å²) < 4.78 is 0. The number of nitrogens with one attached hydrogen (secondary N) is 1. The lowest BCUT2D eigenvalue weighted by Gasteiger charge is -2.36. The molecule has 5 nitrogen and oxygen atoms in total. The summed E-state index contributed by atoms with van der Waals surface area (Å²) in [4.78, 5) is 29.1. The molecule has 2 fully saturated rings. The summed E-state index contributed by atoms with van der Waals surface area (Å²) in [5, 5.41) is 3.22. The number of aryl methyl sites for hydroxylation is 3. The fourth-order valence-corrected chi connectivity index (χ4v) is 4.51. The highest BCUT2D eigenvalue weighted by molar-refractivity contribution is 7.99. The predicted octanol–water partition coefficient (Wildman–Crippen LogP) is 1.56. The summed E-state index contributed by atoms with van der Waals surface area (Å²) in [5.41, 5.74) is 4.06. The molecule has 130 valence electrons. The molecular weight excluding hydrogens is 322 g/mol. The molecule has 1 N–H and O–H groups in total. The highest BCUT2D eigenvalue weighted by atomic mass is 32.2. The van der Waals surface area contributed by atoms with Gasteiger partial charge < -0.3 is 9.80 Å². The van der Waals surface area contributed by atoms with Crippen molar-refractivity contribution in [1.82, 2.24) is 15.1 Å². The minimum absolute atomic E-state index is 0.0566. The topological polar surface area (TPSA) is 52.7 Å². The third kappa shape index (κ3) is 3.44. The van der Waals surface area contributed by atoms with Crippen LogP contribution in [0.3, 0.4) is 0 Å². The molecule has 0 radical (unpaired) electrons. The Morgan fingerprint density at radius 1 is 1.04 bits per heavy atom. The van der Waals surface area contributed by atoms with E-state index in [1.165, 1.54) is 5.56 Å². The summed E-state index contributed by atoms with van der Waals surface area (Å²) in [7, 11) is 0. The van der Waals surface area contributed by atoms with Crippen molar-refractivity contribution in [1.29, 1.82) is 0 Å². The Balaban J connectivity index is 1.64. The van der Waals surface area contributed by atoms with Gasteiger partial charge in [-0.05, 0) is 31.9 Å². The van der Waals surface area contributed by atoms with Crippen LogP contribution in [0.1, 0.15) is 27.0 Å². The van der Waals surface area contributed by atoms with Gasteiger partial charge in [0.05, 0.1) is 6.04 Å². The molecular formula is C18H25N3O2S. The fourth-order valence-electron chi connectivity index (χ4n) is 3.58. The Morgan fingerprint density at radius 3 is 2.17 bits per heavy atom. The molecule has 3 rings (SSSR count). The van der Waals surface area contributed by atoms with E-state index in [2.05, 4.69) is 17.4 Å². The molecule has 0 bridgehead atoms. The van der Waals surface area contributed by atoms with Crippen molar-refractivity contribution in [3.8, 4) is 0 Å². The number of thioether (sulfide) groups is 1. The first-order valence-electron chi connectivity index (χ1n) is 8.44. The molecule has 2 heterocycles. The summed E-state index contributed by atoms with van der Waals surface area (Å²) in [6, 6.07) is 4.06. The molecule has 1 atom stereocenters. The van der Waals surface area contributed by atoms with Crippen LogP contribution >= 0.6 is 11.8 Å². The number of rotatable bonds is 2. The first kappa shape index (κ1) is 17.3. The van der Waals surface area contributed by atoms with Gasteiger partial charge in [-0.2, -0.15) is 0 Å². The summed E-state index contributed by atoms with van der Waals surface area (Å²) >= 11 is 1.76. The largest absolute Gasteiger partial charge is 0.338 e. The Morgan fingerprint density at radius 2 is 1.62 bits per heavy atom. The number of carbonyl (C=O) groups excluding carboxylic acids is 2. The molecule has 2 aliphatic heterocycles. The maximum absolute atomic E-state index is 12.9. The van der Waals surface area contributed by atoms with Gasteiger partial charge >= 0.3 is 0 Å². The lowest BCUT2D eigenvalue weighted by atomic mass is 9.98. The smallest absolute Gasteiger partial charge is 0.254 e. The lowest BCUT2D eigenvalue weighted by molar-refractivity contribution is -0.134. The number of amides is 2. The average molecular weight is 347 g/mol. The Labute approximate surface area is 147 Å². The first-order chi connectivity index (χ1) is 11.5. The molecule has 2 amide bonds. The molecule has 0 spiro atoms. The SMILES string of the molecule is Cc1cc(C)c(C(=O)N2CCN(C(=O)C3CSCN3)CC2)c(C)c1. The second kappa shape index (κ2) is 7.15. The summed E-state index contributed by atoms with van der Waals surface area (Å²) in [5.74, 6) is 1.96. The molecule has 0 saturated carbocycles. The Bertz CT molecular complexity index is 625. The Hall–Kier alpha value is -1.53. The summed E-state index contributed by atoms with van der Waals surface area (Å²) in [6.07, 6.45) is 0. The molecule has 6 heteroatoms. The highest BCUT2D eigenvalue weighted by Crippen LogP contribution is 2.20. The van der Waals surface area contributed by atoms with Crippen molar-refractivity contribution in [2.24, 2.45) is 0 Å². The maximum Gasteiger partial charge on any atom is 0.254 e. The van der Waals surface area contributed by atoms with Gasteiger partial charge in [-0.3, -0.25) is 14.9 Å². The van der Waals surface area contributed by atoms with E-state index in [-0.39, 0.29) is 17.9 Å². The second-order valence-electron chi connectivity index (χ2n) is 6.66. The van der Waals surface area contributed by atoms with Gasteiger partial charge in [0.15, 0.2) is 0 Å². The van der Waals surface area contributed by atoms with E-state index in [1.807, 2.05) is 30.6 Å². The van der Waals surface area contributed by atoms with Crippen molar-refractivity contribution in [2.75, 3.05) is 37.8 Å². The zero-order chi connectivity index (χ0) is 17.3. The zero-order valence-corrected chi connectivity index (χ0v) is 15.4. The molecule has 0 aliphatic carbocycles. The van der Waals surface area contributed by atoms with Crippen molar-refractivity contribution in [3.63, 3.8) is 0 Å². The normalized spacial score (nSPS) is 21.2. The van der Waals surface area contributed by atoms with Gasteiger partial charge in [-0.25, -0.2) is 0 Å². The predicted molar refractivity (Wildman–Crippen MR) is 97.4 cm³/mol.